The summed E-state index contributed by atoms with van der Waals surface area (Å²) in [6.07, 6.45) is 0.653. The van der Waals surface area contributed by atoms with E-state index in [4.69, 9.17) is 0 Å². The van der Waals surface area contributed by atoms with E-state index in [1.54, 1.807) is 4.90 Å². The average molecular weight is 378 g/mol. The molecule has 0 aromatic heterocycles. The van der Waals surface area contributed by atoms with Crippen molar-refractivity contribution in [3.8, 4) is 0 Å². The van der Waals surface area contributed by atoms with Crippen molar-refractivity contribution in [3.63, 3.8) is 0 Å². The zero-order valence-corrected chi connectivity index (χ0v) is 16.1. The molecule has 2 saturated heterocycles. The Kier molecular flexibility index (Phi) is 5.37. The Hall–Kier alpha value is -1.89. The maximum absolute atomic E-state index is 13.1. The van der Waals surface area contributed by atoms with E-state index in [9.17, 15) is 18.0 Å². The van der Waals surface area contributed by atoms with Crippen LogP contribution in [0.1, 0.15) is 32.3 Å². The lowest BCUT2D eigenvalue weighted by molar-refractivity contribution is -0.138. The summed E-state index contributed by atoms with van der Waals surface area (Å²) in [6, 6.07) is 9.55. The molecule has 0 N–H and O–H groups in total. The van der Waals surface area contributed by atoms with Gasteiger partial charge in [-0.2, -0.15) is 0 Å². The lowest BCUT2D eigenvalue weighted by Gasteiger charge is -2.30. The number of nitrogens with zero attached hydrogens (tertiary/aromatic N) is 2. The molecule has 0 spiro atoms. The second kappa shape index (κ2) is 7.39. The average Bonchev–Trinajstić information content (AvgIpc) is 3.15. The van der Waals surface area contributed by atoms with Gasteiger partial charge >= 0.3 is 0 Å². The Morgan fingerprint density at radius 3 is 2.54 bits per heavy atom. The minimum absolute atomic E-state index is 0.0254. The van der Waals surface area contributed by atoms with Crippen molar-refractivity contribution in [1.29, 1.82) is 0 Å². The molecule has 0 aliphatic carbocycles. The maximum Gasteiger partial charge on any atom is 0.228 e. The van der Waals surface area contributed by atoms with Crippen molar-refractivity contribution >= 4 is 21.7 Å². The molecule has 0 bridgehead atoms. The number of rotatable bonds is 5. The number of hydrogen-bond acceptors (Lipinski definition) is 4. The lowest BCUT2D eigenvalue weighted by Crippen LogP contribution is -2.42. The van der Waals surface area contributed by atoms with Crippen LogP contribution in [0.3, 0.4) is 0 Å². The van der Waals surface area contributed by atoms with Crippen LogP contribution in [-0.2, 0) is 26.0 Å². The van der Waals surface area contributed by atoms with Crippen molar-refractivity contribution in [2.75, 3.05) is 18.1 Å². The van der Waals surface area contributed by atoms with Crippen LogP contribution < -0.4 is 0 Å². The van der Waals surface area contributed by atoms with Gasteiger partial charge in [0, 0.05) is 31.6 Å². The van der Waals surface area contributed by atoms with Gasteiger partial charge in [0.25, 0.3) is 0 Å². The molecule has 0 saturated carbocycles. The monoisotopic (exact) mass is 378 g/mol. The molecule has 3 rings (SSSR count). The molecule has 1 aromatic rings. The SMILES string of the molecule is CC(C)N(Cc1ccccc1)C(=O)C1CC(=O)N(C2CCS(=O)(=O)C2)C1. The van der Waals surface area contributed by atoms with E-state index in [-0.39, 0.29) is 41.8 Å². The van der Waals surface area contributed by atoms with Crippen LogP contribution in [0.4, 0.5) is 0 Å². The zero-order valence-electron chi connectivity index (χ0n) is 15.3. The van der Waals surface area contributed by atoms with Gasteiger partial charge in [-0.3, -0.25) is 9.59 Å². The maximum atomic E-state index is 13.1. The summed E-state index contributed by atoms with van der Waals surface area (Å²) in [6.45, 7) is 4.79. The first kappa shape index (κ1) is 18.9. The van der Waals surface area contributed by atoms with E-state index in [2.05, 4.69) is 0 Å². The van der Waals surface area contributed by atoms with Crippen LogP contribution in [0.25, 0.3) is 0 Å². The Bertz CT molecular complexity index is 776. The summed E-state index contributed by atoms with van der Waals surface area (Å²) in [5.74, 6) is -0.365. The first-order valence-electron chi connectivity index (χ1n) is 9.11. The number of sulfone groups is 1. The van der Waals surface area contributed by atoms with E-state index >= 15 is 0 Å². The number of hydrogen-bond donors (Lipinski definition) is 0. The van der Waals surface area contributed by atoms with E-state index < -0.39 is 15.8 Å². The highest BCUT2D eigenvalue weighted by molar-refractivity contribution is 7.91. The van der Waals surface area contributed by atoms with Gasteiger partial charge in [0.2, 0.25) is 11.8 Å². The van der Waals surface area contributed by atoms with Gasteiger partial charge in [-0.05, 0) is 25.8 Å². The fourth-order valence-electron chi connectivity index (χ4n) is 3.80. The van der Waals surface area contributed by atoms with Gasteiger partial charge in [-0.25, -0.2) is 8.42 Å². The minimum Gasteiger partial charge on any atom is -0.338 e. The Balaban J connectivity index is 1.69. The second-order valence-corrected chi connectivity index (χ2v) is 9.78. The molecule has 2 atom stereocenters. The molecule has 2 fully saturated rings. The molecular weight excluding hydrogens is 352 g/mol. The molecule has 1 aromatic carbocycles. The van der Waals surface area contributed by atoms with Gasteiger partial charge in [-0.1, -0.05) is 30.3 Å². The molecular formula is C19H26N2O4S. The van der Waals surface area contributed by atoms with Gasteiger partial charge < -0.3 is 9.80 Å². The summed E-state index contributed by atoms with van der Waals surface area (Å²) >= 11 is 0. The van der Waals surface area contributed by atoms with Gasteiger partial charge in [0.15, 0.2) is 9.84 Å². The van der Waals surface area contributed by atoms with Crippen LogP contribution in [-0.4, -0.2) is 60.2 Å². The van der Waals surface area contributed by atoms with E-state index in [1.807, 2.05) is 49.1 Å². The first-order valence-corrected chi connectivity index (χ1v) is 10.9. The molecule has 26 heavy (non-hydrogen) atoms. The highest BCUT2D eigenvalue weighted by Crippen LogP contribution is 2.28. The first-order chi connectivity index (χ1) is 12.3. The molecule has 7 heteroatoms. The van der Waals surface area contributed by atoms with Crippen molar-refractivity contribution < 1.29 is 18.0 Å². The second-order valence-electron chi connectivity index (χ2n) is 7.55. The highest BCUT2D eigenvalue weighted by atomic mass is 32.2. The predicted molar refractivity (Wildman–Crippen MR) is 99.0 cm³/mol. The molecule has 142 valence electrons. The number of likely N-dealkylation sites (tertiary alicyclic amines) is 1. The fourth-order valence-corrected chi connectivity index (χ4v) is 5.53. The van der Waals surface area contributed by atoms with Crippen molar-refractivity contribution in [1.82, 2.24) is 9.80 Å². The topological polar surface area (TPSA) is 74.8 Å². The summed E-state index contributed by atoms with van der Waals surface area (Å²) in [5.41, 5.74) is 1.05. The molecule has 2 amide bonds. The van der Waals surface area contributed by atoms with E-state index in [0.29, 0.717) is 19.5 Å². The van der Waals surface area contributed by atoms with Gasteiger partial charge in [0.1, 0.15) is 0 Å². The summed E-state index contributed by atoms with van der Waals surface area (Å²) in [5, 5.41) is 0. The Labute approximate surface area is 155 Å². The number of carbonyl (C=O) groups excluding carboxylic acids is 2. The van der Waals surface area contributed by atoms with Crippen LogP contribution in [0.2, 0.25) is 0 Å². The normalized spacial score (nSPS) is 25.0. The van der Waals surface area contributed by atoms with E-state index in [0.717, 1.165) is 5.56 Å². The lowest BCUT2D eigenvalue weighted by atomic mass is 10.0. The van der Waals surface area contributed by atoms with Crippen molar-refractivity contribution in [2.24, 2.45) is 5.92 Å². The largest absolute Gasteiger partial charge is 0.338 e. The molecule has 2 unspecified atom stereocenters. The van der Waals surface area contributed by atoms with Gasteiger partial charge in [0.05, 0.1) is 17.4 Å². The highest BCUT2D eigenvalue weighted by Gasteiger charge is 2.43. The predicted octanol–water partition coefficient (Wildman–Crippen LogP) is 1.46. The third-order valence-electron chi connectivity index (χ3n) is 5.26. The third kappa shape index (κ3) is 4.09. The Morgan fingerprint density at radius 2 is 1.96 bits per heavy atom. The molecule has 2 heterocycles. The summed E-state index contributed by atoms with van der Waals surface area (Å²) in [4.78, 5) is 28.9. The van der Waals surface area contributed by atoms with Crippen molar-refractivity contribution in [3.05, 3.63) is 35.9 Å². The number of benzene rings is 1. The summed E-state index contributed by atoms with van der Waals surface area (Å²) in [7, 11) is -3.05. The number of carbonyl (C=O) groups is 2. The minimum atomic E-state index is -3.05. The fraction of sp³-hybridized carbons (Fsp3) is 0.579. The standard InChI is InChI=1S/C19H26N2O4S/c1-14(2)20(11-15-6-4-3-5-7-15)19(23)16-10-18(22)21(12-16)17-8-9-26(24,25)13-17/h3-7,14,16-17H,8-13H2,1-2H3. The molecule has 0 radical (unpaired) electrons. The molecule has 6 nitrogen and oxygen atoms in total. The van der Waals surface area contributed by atoms with Crippen molar-refractivity contribution in [2.45, 2.75) is 45.3 Å². The molecule has 2 aliphatic rings. The van der Waals surface area contributed by atoms with Crippen LogP contribution >= 0.6 is 0 Å². The smallest absolute Gasteiger partial charge is 0.228 e. The van der Waals surface area contributed by atoms with Crippen LogP contribution in [0, 0.1) is 5.92 Å². The Morgan fingerprint density at radius 1 is 1.27 bits per heavy atom. The van der Waals surface area contributed by atoms with Crippen LogP contribution in [0.15, 0.2) is 30.3 Å². The zero-order chi connectivity index (χ0) is 18.9. The number of amides is 2. The summed E-state index contributed by atoms with van der Waals surface area (Å²) < 4.78 is 23.4. The third-order valence-corrected chi connectivity index (χ3v) is 7.01. The van der Waals surface area contributed by atoms with Crippen LogP contribution in [0.5, 0.6) is 0 Å². The quantitative estimate of drug-likeness (QED) is 0.777. The molecule has 2 aliphatic heterocycles. The van der Waals surface area contributed by atoms with E-state index in [1.165, 1.54) is 0 Å². The van der Waals surface area contributed by atoms with Gasteiger partial charge in [-0.15, -0.1) is 0 Å².